The Morgan fingerprint density at radius 2 is 1.83 bits per heavy atom. The van der Waals surface area contributed by atoms with Crippen LogP contribution in [0.5, 0.6) is 0 Å². The van der Waals surface area contributed by atoms with E-state index in [1.807, 2.05) is 0 Å². The minimum absolute atomic E-state index is 0.0572. The maximum absolute atomic E-state index is 11.9. The molecule has 18 heavy (non-hydrogen) atoms. The molecular formula is C11H11N5O2. The number of nitrogens with one attached hydrogen (secondary N) is 1. The van der Waals surface area contributed by atoms with Gasteiger partial charge in [-0.15, -0.1) is 0 Å². The number of hydrazine groups is 1. The van der Waals surface area contributed by atoms with E-state index in [0.29, 0.717) is 10.6 Å². The van der Waals surface area contributed by atoms with Crippen LogP contribution in [0.15, 0.2) is 36.5 Å². The van der Waals surface area contributed by atoms with E-state index in [-0.39, 0.29) is 11.4 Å². The molecule has 1 aromatic heterocycles. The Labute approximate surface area is 102 Å². The van der Waals surface area contributed by atoms with Crippen LogP contribution in [-0.4, -0.2) is 27.0 Å². The maximum atomic E-state index is 11.9. The van der Waals surface area contributed by atoms with E-state index in [4.69, 9.17) is 11.6 Å². The van der Waals surface area contributed by atoms with Crippen LogP contribution in [-0.2, 0) is 0 Å². The number of nitrogen functional groups attached to an aromatic ring is 1. The number of H-pyrrole nitrogens is 1. The fourth-order valence-electron chi connectivity index (χ4n) is 1.41. The lowest BCUT2D eigenvalue weighted by Gasteiger charge is -2.13. The van der Waals surface area contributed by atoms with E-state index in [1.165, 1.54) is 6.20 Å². The van der Waals surface area contributed by atoms with Crippen LogP contribution in [0.1, 0.15) is 20.7 Å². The van der Waals surface area contributed by atoms with Gasteiger partial charge in [-0.3, -0.25) is 14.7 Å². The molecule has 0 radical (unpaired) electrons. The summed E-state index contributed by atoms with van der Waals surface area (Å²) in [6.07, 6.45) is 1.22. The summed E-state index contributed by atoms with van der Waals surface area (Å²) in [5, 5.41) is 6.50. The number of rotatable bonds is 2. The first-order chi connectivity index (χ1) is 8.61. The van der Waals surface area contributed by atoms with Gasteiger partial charge >= 0.3 is 0 Å². The summed E-state index contributed by atoms with van der Waals surface area (Å²) in [6, 6.07) is 8.24. The number of aromatic nitrogens is 2. The highest BCUT2D eigenvalue weighted by molar-refractivity contribution is 6.11. The van der Waals surface area contributed by atoms with Crippen LogP contribution in [0.4, 0.5) is 5.82 Å². The third-order valence-corrected chi connectivity index (χ3v) is 2.36. The first-order valence-electron chi connectivity index (χ1n) is 5.08. The van der Waals surface area contributed by atoms with Gasteiger partial charge in [0.05, 0.1) is 6.20 Å². The molecule has 0 aliphatic heterocycles. The van der Waals surface area contributed by atoms with Gasteiger partial charge in [0.25, 0.3) is 11.8 Å². The van der Waals surface area contributed by atoms with Crippen molar-refractivity contribution in [3.8, 4) is 0 Å². The van der Waals surface area contributed by atoms with Gasteiger partial charge < -0.3 is 5.73 Å². The van der Waals surface area contributed by atoms with E-state index in [9.17, 15) is 9.59 Å². The minimum atomic E-state index is -0.713. The zero-order valence-electron chi connectivity index (χ0n) is 9.33. The minimum Gasteiger partial charge on any atom is -0.383 e. The molecule has 7 heteroatoms. The number of aromatic amines is 1. The van der Waals surface area contributed by atoms with Gasteiger partial charge in [-0.25, -0.2) is 10.9 Å². The first-order valence-corrected chi connectivity index (χ1v) is 5.08. The normalized spacial score (nSPS) is 10.1. The number of anilines is 1. The number of carbonyl (C=O) groups is 2. The fraction of sp³-hybridized carbons (Fsp3) is 0. The lowest BCUT2D eigenvalue weighted by atomic mass is 10.2. The molecule has 92 valence electrons. The average Bonchev–Trinajstić information content (AvgIpc) is 2.83. The van der Waals surface area contributed by atoms with Crippen molar-refractivity contribution in [2.75, 3.05) is 5.73 Å². The molecule has 0 atom stereocenters. The smallest absolute Gasteiger partial charge is 0.280 e. The zero-order chi connectivity index (χ0) is 13.1. The second-order valence-electron chi connectivity index (χ2n) is 3.54. The van der Waals surface area contributed by atoms with Crippen LogP contribution in [0, 0.1) is 0 Å². The topological polar surface area (TPSA) is 118 Å². The molecule has 0 saturated heterocycles. The van der Waals surface area contributed by atoms with Gasteiger partial charge in [-0.2, -0.15) is 5.10 Å². The molecular weight excluding hydrogens is 234 g/mol. The third kappa shape index (κ3) is 2.06. The predicted molar refractivity (Wildman–Crippen MR) is 64.1 cm³/mol. The van der Waals surface area contributed by atoms with Crippen molar-refractivity contribution in [1.29, 1.82) is 0 Å². The van der Waals surface area contributed by atoms with Crippen molar-refractivity contribution in [2.24, 2.45) is 5.84 Å². The van der Waals surface area contributed by atoms with Gasteiger partial charge in [-0.05, 0) is 12.1 Å². The number of hydrogen-bond acceptors (Lipinski definition) is 5. The van der Waals surface area contributed by atoms with Crippen molar-refractivity contribution in [3.63, 3.8) is 0 Å². The molecule has 0 spiro atoms. The predicted octanol–water partition coefficient (Wildman–Crippen LogP) is 0.148. The quantitative estimate of drug-likeness (QED) is 0.301. The highest BCUT2D eigenvalue weighted by Crippen LogP contribution is 2.10. The number of nitrogens with two attached hydrogens (primary N) is 2. The highest BCUT2D eigenvalue weighted by Gasteiger charge is 2.23. The van der Waals surface area contributed by atoms with Crippen LogP contribution >= 0.6 is 0 Å². The molecule has 0 aliphatic carbocycles. The maximum Gasteiger partial charge on any atom is 0.280 e. The summed E-state index contributed by atoms with van der Waals surface area (Å²) in [5.74, 6) is 4.23. The van der Waals surface area contributed by atoms with Gasteiger partial charge in [0.1, 0.15) is 11.4 Å². The van der Waals surface area contributed by atoms with E-state index >= 15 is 0 Å². The third-order valence-electron chi connectivity index (χ3n) is 2.36. The Hall–Kier alpha value is -2.67. The summed E-state index contributed by atoms with van der Waals surface area (Å²) in [6.45, 7) is 0. The molecule has 2 rings (SSSR count). The SMILES string of the molecule is Nc1[nH]ncc1C(=O)N(N)C(=O)c1ccccc1. The van der Waals surface area contributed by atoms with E-state index < -0.39 is 11.8 Å². The number of amides is 2. The Kier molecular flexibility index (Phi) is 3.07. The molecule has 0 saturated carbocycles. The number of nitrogens with zero attached hydrogens (tertiary/aromatic N) is 2. The lowest BCUT2D eigenvalue weighted by Crippen LogP contribution is -2.42. The van der Waals surface area contributed by atoms with Gasteiger partial charge in [0, 0.05) is 5.56 Å². The molecule has 2 amide bonds. The molecule has 0 aliphatic rings. The highest BCUT2D eigenvalue weighted by atomic mass is 16.2. The Bertz CT molecular complexity index is 578. The molecule has 2 aromatic rings. The molecule has 0 fully saturated rings. The van der Waals surface area contributed by atoms with E-state index in [2.05, 4.69) is 10.2 Å². The van der Waals surface area contributed by atoms with Crippen LogP contribution in [0.25, 0.3) is 0 Å². The number of hydrogen-bond donors (Lipinski definition) is 3. The molecule has 1 heterocycles. The Balaban J connectivity index is 2.23. The largest absolute Gasteiger partial charge is 0.383 e. The second kappa shape index (κ2) is 4.68. The monoisotopic (exact) mass is 245 g/mol. The number of carbonyl (C=O) groups excluding carboxylic acids is 2. The molecule has 7 nitrogen and oxygen atoms in total. The van der Waals surface area contributed by atoms with Crippen LogP contribution in [0.2, 0.25) is 0 Å². The van der Waals surface area contributed by atoms with Crippen molar-refractivity contribution < 1.29 is 9.59 Å². The molecule has 0 bridgehead atoms. The summed E-state index contributed by atoms with van der Waals surface area (Å²) < 4.78 is 0. The molecule has 1 aromatic carbocycles. The number of benzene rings is 1. The van der Waals surface area contributed by atoms with E-state index in [0.717, 1.165) is 0 Å². The summed E-state index contributed by atoms with van der Waals surface area (Å²) in [4.78, 5) is 23.8. The standard InChI is InChI=1S/C11H11N5O2/c12-9-8(6-14-15-9)11(18)16(13)10(17)7-4-2-1-3-5-7/h1-6H,13H2,(H3,12,14,15). The second-order valence-corrected chi connectivity index (χ2v) is 3.54. The first kappa shape index (κ1) is 11.8. The average molecular weight is 245 g/mol. The van der Waals surface area contributed by atoms with Gasteiger partial charge in [0.2, 0.25) is 0 Å². The van der Waals surface area contributed by atoms with Crippen molar-refractivity contribution in [2.45, 2.75) is 0 Å². The Morgan fingerprint density at radius 1 is 1.17 bits per heavy atom. The summed E-state index contributed by atoms with van der Waals surface area (Å²) in [5.41, 5.74) is 5.86. The summed E-state index contributed by atoms with van der Waals surface area (Å²) >= 11 is 0. The van der Waals surface area contributed by atoms with Crippen LogP contribution in [0.3, 0.4) is 0 Å². The zero-order valence-corrected chi connectivity index (χ0v) is 9.33. The fourth-order valence-corrected chi connectivity index (χ4v) is 1.41. The molecule has 5 N–H and O–H groups in total. The number of imide groups is 1. The van der Waals surface area contributed by atoms with Crippen molar-refractivity contribution in [3.05, 3.63) is 47.7 Å². The molecule has 0 unspecified atom stereocenters. The van der Waals surface area contributed by atoms with E-state index in [1.54, 1.807) is 30.3 Å². The van der Waals surface area contributed by atoms with Crippen molar-refractivity contribution >= 4 is 17.6 Å². The van der Waals surface area contributed by atoms with Gasteiger partial charge in [0.15, 0.2) is 0 Å². The lowest BCUT2D eigenvalue weighted by molar-refractivity contribution is 0.0616. The van der Waals surface area contributed by atoms with Crippen LogP contribution < -0.4 is 11.6 Å². The van der Waals surface area contributed by atoms with Gasteiger partial charge in [-0.1, -0.05) is 18.2 Å². The van der Waals surface area contributed by atoms with Crippen molar-refractivity contribution in [1.82, 2.24) is 15.2 Å². The summed E-state index contributed by atoms with van der Waals surface area (Å²) in [7, 11) is 0. The Morgan fingerprint density at radius 3 is 2.39 bits per heavy atom.